The van der Waals surface area contributed by atoms with Gasteiger partial charge in [0.05, 0.1) is 4.90 Å². The number of sulfonamides is 1. The fraction of sp³-hybridized carbons (Fsp3) is 0.412. The van der Waals surface area contributed by atoms with Gasteiger partial charge in [-0.05, 0) is 31.9 Å². The summed E-state index contributed by atoms with van der Waals surface area (Å²) in [6.45, 7) is 3.74. The summed E-state index contributed by atoms with van der Waals surface area (Å²) in [5, 5.41) is 3.46. The molecule has 0 saturated carbocycles. The minimum atomic E-state index is -3.38. The van der Waals surface area contributed by atoms with Crippen LogP contribution in [0.2, 0.25) is 0 Å². The van der Waals surface area contributed by atoms with Crippen molar-refractivity contribution in [3.8, 4) is 0 Å². The lowest BCUT2D eigenvalue weighted by Gasteiger charge is -2.31. The van der Waals surface area contributed by atoms with Crippen molar-refractivity contribution in [2.24, 2.45) is 0 Å². The van der Waals surface area contributed by atoms with Crippen molar-refractivity contribution in [1.82, 2.24) is 19.6 Å². The van der Waals surface area contributed by atoms with E-state index in [1.165, 1.54) is 6.33 Å². The van der Waals surface area contributed by atoms with Crippen molar-refractivity contribution < 1.29 is 8.42 Å². The third kappa shape index (κ3) is 3.98. The molecule has 24 heavy (non-hydrogen) atoms. The van der Waals surface area contributed by atoms with E-state index in [1.54, 1.807) is 28.8 Å². The van der Waals surface area contributed by atoms with Crippen LogP contribution in [0.4, 0.5) is 0 Å². The first-order valence-electron chi connectivity index (χ1n) is 8.10. The van der Waals surface area contributed by atoms with E-state index in [2.05, 4.69) is 15.3 Å². The highest BCUT2D eigenvalue weighted by Crippen LogP contribution is 2.21. The maximum absolute atomic E-state index is 12.7. The standard InChI is InChI=1S/C17H22N4O2S/c1-14-2-4-17(5-3-14)24(22,23)21-8-6-16(7-9-21)20-12-15-10-18-13-19-11-15/h2-5,10-11,13,16,20H,6-9,12H2,1H3. The second-order valence-corrected chi connectivity index (χ2v) is 8.06. The zero-order valence-electron chi connectivity index (χ0n) is 13.7. The predicted octanol–water partition coefficient (Wildman–Crippen LogP) is 1.73. The first-order chi connectivity index (χ1) is 11.6. The Morgan fingerprint density at radius 1 is 1.12 bits per heavy atom. The summed E-state index contributed by atoms with van der Waals surface area (Å²) in [5.41, 5.74) is 2.09. The molecule has 0 bridgehead atoms. The largest absolute Gasteiger partial charge is 0.310 e. The molecule has 1 aromatic heterocycles. The molecule has 0 amide bonds. The van der Waals surface area contributed by atoms with Crippen molar-refractivity contribution in [2.75, 3.05) is 13.1 Å². The summed E-state index contributed by atoms with van der Waals surface area (Å²) < 4.78 is 26.9. The summed E-state index contributed by atoms with van der Waals surface area (Å²) in [6.07, 6.45) is 6.70. The number of hydrogen-bond donors (Lipinski definition) is 1. The Labute approximate surface area is 143 Å². The number of hydrogen-bond acceptors (Lipinski definition) is 5. The average molecular weight is 346 g/mol. The summed E-state index contributed by atoms with van der Waals surface area (Å²) in [5.74, 6) is 0. The second kappa shape index (κ2) is 7.38. The Kier molecular flexibility index (Phi) is 5.23. The molecule has 1 N–H and O–H groups in total. The van der Waals surface area contributed by atoms with Gasteiger partial charge in [-0.2, -0.15) is 4.31 Å². The van der Waals surface area contributed by atoms with Crippen molar-refractivity contribution in [3.05, 3.63) is 54.1 Å². The van der Waals surface area contributed by atoms with Gasteiger partial charge in [-0.1, -0.05) is 17.7 Å². The van der Waals surface area contributed by atoms with E-state index in [0.717, 1.165) is 24.0 Å². The second-order valence-electron chi connectivity index (χ2n) is 6.12. The first kappa shape index (κ1) is 17.0. The zero-order valence-corrected chi connectivity index (χ0v) is 14.5. The Hall–Kier alpha value is -1.83. The van der Waals surface area contributed by atoms with Crippen LogP contribution in [0.1, 0.15) is 24.0 Å². The highest BCUT2D eigenvalue weighted by Gasteiger charge is 2.29. The molecule has 128 valence electrons. The van der Waals surface area contributed by atoms with Gasteiger partial charge < -0.3 is 5.32 Å². The number of piperidine rings is 1. The summed E-state index contributed by atoms with van der Waals surface area (Å²) >= 11 is 0. The normalized spacial score (nSPS) is 17.0. The smallest absolute Gasteiger partial charge is 0.243 e. The van der Waals surface area contributed by atoms with Gasteiger partial charge in [0.15, 0.2) is 0 Å². The van der Waals surface area contributed by atoms with Crippen molar-refractivity contribution in [1.29, 1.82) is 0 Å². The molecule has 2 aromatic rings. The van der Waals surface area contributed by atoms with Gasteiger partial charge in [0.25, 0.3) is 0 Å². The fourth-order valence-corrected chi connectivity index (χ4v) is 4.31. The van der Waals surface area contributed by atoms with Gasteiger partial charge in [0.1, 0.15) is 6.33 Å². The van der Waals surface area contributed by atoms with Crippen LogP contribution in [-0.4, -0.2) is 41.8 Å². The minimum absolute atomic E-state index is 0.315. The Bertz CT molecular complexity index is 755. The maximum Gasteiger partial charge on any atom is 0.243 e. The number of aryl methyl sites for hydroxylation is 1. The highest BCUT2D eigenvalue weighted by atomic mass is 32.2. The molecule has 1 fully saturated rings. The third-order valence-corrected chi connectivity index (χ3v) is 6.23. The minimum Gasteiger partial charge on any atom is -0.310 e. The monoisotopic (exact) mass is 346 g/mol. The molecular weight excluding hydrogens is 324 g/mol. The lowest BCUT2D eigenvalue weighted by Crippen LogP contribution is -2.44. The van der Waals surface area contributed by atoms with Crippen LogP contribution >= 0.6 is 0 Å². The fourth-order valence-electron chi connectivity index (χ4n) is 2.84. The van der Waals surface area contributed by atoms with Crippen LogP contribution < -0.4 is 5.32 Å². The van der Waals surface area contributed by atoms with Gasteiger partial charge >= 0.3 is 0 Å². The Morgan fingerprint density at radius 2 is 1.75 bits per heavy atom. The molecule has 0 unspecified atom stereocenters. The van der Waals surface area contributed by atoms with Crippen molar-refractivity contribution in [3.63, 3.8) is 0 Å². The van der Waals surface area contributed by atoms with Gasteiger partial charge in [-0.25, -0.2) is 18.4 Å². The average Bonchev–Trinajstić information content (AvgIpc) is 2.61. The van der Waals surface area contributed by atoms with Crippen LogP contribution in [0, 0.1) is 6.92 Å². The van der Waals surface area contributed by atoms with E-state index in [0.29, 0.717) is 30.6 Å². The van der Waals surface area contributed by atoms with Crippen LogP contribution in [0.15, 0.2) is 47.9 Å². The van der Waals surface area contributed by atoms with Crippen LogP contribution in [0.3, 0.4) is 0 Å². The van der Waals surface area contributed by atoms with E-state index < -0.39 is 10.0 Å². The molecule has 1 aromatic carbocycles. The topological polar surface area (TPSA) is 75.2 Å². The van der Waals surface area contributed by atoms with Gasteiger partial charge in [-0.3, -0.25) is 0 Å². The molecule has 0 spiro atoms. The number of benzene rings is 1. The van der Waals surface area contributed by atoms with E-state index in [9.17, 15) is 8.42 Å². The molecule has 0 radical (unpaired) electrons. The van der Waals surface area contributed by atoms with Crippen LogP contribution in [0.5, 0.6) is 0 Å². The molecule has 6 nitrogen and oxygen atoms in total. The lowest BCUT2D eigenvalue weighted by molar-refractivity contribution is 0.288. The van der Waals surface area contributed by atoms with Crippen molar-refractivity contribution in [2.45, 2.75) is 37.2 Å². The van der Waals surface area contributed by atoms with Gasteiger partial charge in [0.2, 0.25) is 10.0 Å². The third-order valence-electron chi connectivity index (χ3n) is 4.32. The van der Waals surface area contributed by atoms with Gasteiger partial charge in [0, 0.05) is 43.6 Å². The van der Waals surface area contributed by atoms with Gasteiger partial charge in [-0.15, -0.1) is 0 Å². The molecular formula is C17H22N4O2S. The summed E-state index contributed by atoms with van der Waals surface area (Å²) in [4.78, 5) is 8.36. The number of nitrogens with zero attached hydrogens (tertiary/aromatic N) is 3. The SMILES string of the molecule is Cc1ccc(S(=O)(=O)N2CCC(NCc3cncnc3)CC2)cc1. The zero-order chi connectivity index (χ0) is 17.0. The first-order valence-corrected chi connectivity index (χ1v) is 9.54. The Balaban J connectivity index is 1.55. The summed E-state index contributed by atoms with van der Waals surface area (Å²) in [6, 6.07) is 7.36. The molecule has 3 rings (SSSR count). The summed E-state index contributed by atoms with van der Waals surface area (Å²) in [7, 11) is -3.38. The predicted molar refractivity (Wildman–Crippen MR) is 91.8 cm³/mol. The van der Waals surface area contributed by atoms with E-state index >= 15 is 0 Å². The van der Waals surface area contributed by atoms with Crippen LogP contribution in [0.25, 0.3) is 0 Å². The molecule has 1 saturated heterocycles. The molecule has 0 atom stereocenters. The molecule has 0 aliphatic carbocycles. The number of rotatable bonds is 5. The number of aromatic nitrogens is 2. The highest BCUT2D eigenvalue weighted by molar-refractivity contribution is 7.89. The maximum atomic E-state index is 12.7. The lowest BCUT2D eigenvalue weighted by atomic mass is 10.1. The molecule has 2 heterocycles. The van der Waals surface area contributed by atoms with E-state index in [4.69, 9.17) is 0 Å². The molecule has 1 aliphatic heterocycles. The quantitative estimate of drug-likeness (QED) is 0.892. The Morgan fingerprint density at radius 3 is 2.38 bits per heavy atom. The van der Waals surface area contributed by atoms with Crippen molar-refractivity contribution >= 4 is 10.0 Å². The van der Waals surface area contributed by atoms with E-state index in [1.807, 2.05) is 19.1 Å². The van der Waals surface area contributed by atoms with Crippen LogP contribution in [-0.2, 0) is 16.6 Å². The molecule has 7 heteroatoms. The molecule has 1 aliphatic rings. The van der Waals surface area contributed by atoms with E-state index in [-0.39, 0.29) is 0 Å². The number of nitrogens with one attached hydrogen (secondary N) is 1.